The Hall–Kier alpha value is -4.07. The van der Waals surface area contributed by atoms with Crippen LogP contribution in [0.2, 0.25) is 0 Å². The summed E-state index contributed by atoms with van der Waals surface area (Å²) in [5, 5.41) is 5.95. The molecule has 1 aliphatic rings. The summed E-state index contributed by atoms with van der Waals surface area (Å²) in [6.07, 6.45) is 1.70. The molecule has 0 bridgehead atoms. The Morgan fingerprint density at radius 1 is 1.10 bits per heavy atom. The third-order valence-electron chi connectivity index (χ3n) is 4.32. The largest absolute Gasteiger partial charge is 0.497 e. The van der Waals surface area contributed by atoms with Gasteiger partial charge in [-0.2, -0.15) is 0 Å². The molecule has 4 rings (SSSR count). The maximum absolute atomic E-state index is 12.8. The summed E-state index contributed by atoms with van der Waals surface area (Å²) >= 11 is 0. The van der Waals surface area contributed by atoms with Crippen molar-refractivity contribution in [2.45, 2.75) is 6.54 Å². The second-order valence-electron chi connectivity index (χ2n) is 6.37. The van der Waals surface area contributed by atoms with E-state index in [9.17, 15) is 4.79 Å². The van der Waals surface area contributed by atoms with Crippen LogP contribution in [0.3, 0.4) is 0 Å². The van der Waals surface area contributed by atoms with E-state index >= 15 is 0 Å². The summed E-state index contributed by atoms with van der Waals surface area (Å²) in [6, 6.07) is 17.9. The Kier molecular flexibility index (Phi) is 5.75. The number of rotatable bonds is 5. The van der Waals surface area contributed by atoms with Gasteiger partial charge in [0.2, 0.25) is 12.8 Å². The van der Waals surface area contributed by atoms with E-state index in [0.29, 0.717) is 35.0 Å². The summed E-state index contributed by atoms with van der Waals surface area (Å²) in [7, 11) is 1.55. The fourth-order valence-electron chi connectivity index (χ4n) is 2.82. The third kappa shape index (κ3) is 4.67. The Morgan fingerprint density at radius 2 is 2.00 bits per heavy atom. The summed E-state index contributed by atoms with van der Waals surface area (Å²) < 4.78 is 15.9. The first-order chi connectivity index (χ1) is 14.7. The van der Waals surface area contributed by atoms with Gasteiger partial charge in [-0.15, -0.1) is 0 Å². The van der Waals surface area contributed by atoms with E-state index in [-0.39, 0.29) is 18.7 Å². The smallest absolute Gasteiger partial charge is 0.258 e. The molecule has 0 atom stereocenters. The Bertz CT molecular complexity index is 1070. The van der Waals surface area contributed by atoms with Crippen LogP contribution in [0.1, 0.15) is 16.1 Å². The zero-order valence-corrected chi connectivity index (χ0v) is 16.3. The van der Waals surface area contributed by atoms with Crippen LogP contribution in [0.5, 0.6) is 17.2 Å². The lowest BCUT2D eigenvalue weighted by molar-refractivity contribution is 0.0976. The lowest BCUT2D eigenvalue weighted by Crippen LogP contribution is -2.36. The van der Waals surface area contributed by atoms with Crippen molar-refractivity contribution in [2.75, 3.05) is 19.2 Å². The Labute approximate surface area is 173 Å². The number of hydrogen-bond acceptors (Lipinski definition) is 6. The normalized spacial score (nSPS) is 12.4. The average Bonchev–Trinajstić information content (AvgIpc) is 3.26. The maximum Gasteiger partial charge on any atom is 0.258 e. The first-order valence-electron chi connectivity index (χ1n) is 9.28. The third-order valence-corrected chi connectivity index (χ3v) is 4.32. The van der Waals surface area contributed by atoms with Crippen LogP contribution >= 0.6 is 0 Å². The fraction of sp³-hybridized carbons (Fsp3) is 0.136. The van der Waals surface area contributed by atoms with Gasteiger partial charge in [-0.05, 0) is 42.5 Å². The predicted octanol–water partition coefficient (Wildman–Crippen LogP) is 3.22. The van der Waals surface area contributed by atoms with Crippen molar-refractivity contribution in [3.05, 3.63) is 78.1 Å². The number of nitrogens with zero attached hydrogens (tertiary/aromatic N) is 2. The quantitative estimate of drug-likeness (QED) is 0.501. The minimum atomic E-state index is -0.318. The van der Waals surface area contributed by atoms with Gasteiger partial charge in [0.15, 0.2) is 11.5 Å². The van der Waals surface area contributed by atoms with Gasteiger partial charge in [-0.1, -0.05) is 12.1 Å². The lowest BCUT2D eigenvalue weighted by atomic mass is 10.2. The van der Waals surface area contributed by atoms with Gasteiger partial charge in [-0.3, -0.25) is 15.1 Å². The first-order valence-corrected chi connectivity index (χ1v) is 9.28. The van der Waals surface area contributed by atoms with Crippen molar-refractivity contribution in [2.24, 2.45) is 4.99 Å². The minimum absolute atomic E-state index is 0.186. The van der Waals surface area contributed by atoms with Gasteiger partial charge in [-0.25, -0.2) is 4.99 Å². The van der Waals surface area contributed by atoms with Crippen LogP contribution in [0.4, 0.5) is 5.69 Å². The van der Waals surface area contributed by atoms with Gasteiger partial charge in [0.05, 0.1) is 19.3 Å². The van der Waals surface area contributed by atoms with Crippen molar-refractivity contribution in [3.63, 3.8) is 0 Å². The topological polar surface area (TPSA) is 94.1 Å². The maximum atomic E-state index is 12.8. The summed E-state index contributed by atoms with van der Waals surface area (Å²) in [6.45, 7) is 0.484. The SMILES string of the molecule is COc1cccc(C(=O)NC(=NCc2ccccn2)Nc2ccc3c(c2)OCO3)c1. The fourth-order valence-corrected chi connectivity index (χ4v) is 2.82. The Morgan fingerprint density at radius 3 is 2.83 bits per heavy atom. The molecule has 0 unspecified atom stereocenters. The predicted molar refractivity (Wildman–Crippen MR) is 112 cm³/mol. The molecule has 152 valence electrons. The number of carbonyl (C=O) groups is 1. The highest BCUT2D eigenvalue weighted by Gasteiger charge is 2.15. The number of aliphatic imine (C=N–C) groups is 1. The highest BCUT2D eigenvalue weighted by molar-refractivity contribution is 6.10. The number of hydrogen-bond donors (Lipinski definition) is 2. The number of anilines is 1. The van der Waals surface area contributed by atoms with Crippen LogP contribution in [-0.2, 0) is 6.54 Å². The highest BCUT2D eigenvalue weighted by atomic mass is 16.7. The molecule has 0 saturated carbocycles. The average molecular weight is 404 g/mol. The highest BCUT2D eigenvalue weighted by Crippen LogP contribution is 2.34. The zero-order chi connectivity index (χ0) is 20.8. The van der Waals surface area contributed by atoms with E-state index in [4.69, 9.17) is 14.2 Å². The summed E-state index contributed by atoms with van der Waals surface area (Å²) in [4.78, 5) is 21.5. The number of fused-ring (bicyclic) bond motifs is 1. The van der Waals surface area contributed by atoms with E-state index in [0.717, 1.165) is 5.69 Å². The van der Waals surface area contributed by atoms with E-state index < -0.39 is 0 Å². The Balaban J connectivity index is 1.55. The molecule has 1 aliphatic heterocycles. The van der Waals surface area contributed by atoms with Crippen LogP contribution in [0.15, 0.2) is 71.9 Å². The van der Waals surface area contributed by atoms with Crippen molar-refractivity contribution in [1.82, 2.24) is 10.3 Å². The van der Waals surface area contributed by atoms with E-state index in [2.05, 4.69) is 20.6 Å². The van der Waals surface area contributed by atoms with E-state index in [1.54, 1.807) is 49.7 Å². The van der Waals surface area contributed by atoms with Gasteiger partial charge >= 0.3 is 0 Å². The van der Waals surface area contributed by atoms with Crippen molar-refractivity contribution >= 4 is 17.6 Å². The molecule has 1 aromatic heterocycles. The molecule has 0 saturated heterocycles. The van der Waals surface area contributed by atoms with E-state index in [1.807, 2.05) is 24.3 Å². The van der Waals surface area contributed by atoms with Crippen LogP contribution in [0, 0.1) is 0 Å². The number of nitrogens with one attached hydrogen (secondary N) is 2. The van der Waals surface area contributed by atoms with Crippen LogP contribution < -0.4 is 24.8 Å². The number of guanidine groups is 1. The summed E-state index contributed by atoms with van der Waals surface area (Å²) in [5.74, 6) is 1.86. The molecule has 0 spiro atoms. The van der Waals surface area contributed by atoms with Crippen LogP contribution in [-0.4, -0.2) is 30.8 Å². The second-order valence-corrected chi connectivity index (χ2v) is 6.37. The van der Waals surface area contributed by atoms with Gasteiger partial charge in [0.25, 0.3) is 5.91 Å². The van der Waals surface area contributed by atoms with Gasteiger partial charge in [0, 0.05) is 23.5 Å². The lowest BCUT2D eigenvalue weighted by Gasteiger charge is -2.13. The number of pyridine rings is 1. The first kappa shape index (κ1) is 19.3. The standard InChI is InChI=1S/C22H20N4O4/c1-28-18-7-4-5-15(11-18)21(27)26-22(24-13-17-6-2-3-10-23-17)25-16-8-9-19-20(12-16)30-14-29-19/h2-12H,13-14H2,1H3,(H2,24,25,26,27). The molecule has 1 amide bonds. The van der Waals surface area contributed by atoms with E-state index in [1.165, 1.54) is 0 Å². The molecule has 2 heterocycles. The summed E-state index contributed by atoms with van der Waals surface area (Å²) in [5.41, 5.74) is 1.93. The number of ether oxygens (including phenoxy) is 3. The molecular formula is C22H20N4O4. The number of benzene rings is 2. The van der Waals surface area contributed by atoms with Crippen LogP contribution in [0.25, 0.3) is 0 Å². The van der Waals surface area contributed by atoms with Crippen molar-refractivity contribution < 1.29 is 19.0 Å². The molecule has 8 nitrogen and oxygen atoms in total. The number of methoxy groups -OCH3 is 1. The molecule has 2 N–H and O–H groups in total. The molecule has 0 fully saturated rings. The minimum Gasteiger partial charge on any atom is -0.497 e. The van der Waals surface area contributed by atoms with Gasteiger partial charge in [0.1, 0.15) is 5.75 Å². The molecular weight excluding hydrogens is 384 g/mol. The van der Waals surface area contributed by atoms with Gasteiger partial charge < -0.3 is 19.5 Å². The zero-order valence-electron chi connectivity index (χ0n) is 16.3. The second kappa shape index (κ2) is 8.95. The molecule has 30 heavy (non-hydrogen) atoms. The van der Waals surface area contributed by atoms with Crippen molar-refractivity contribution in [1.29, 1.82) is 0 Å². The molecule has 2 aromatic carbocycles. The monoisotopic (exact) mass is 404 g/mol. The number of amides is 1. The molecule has 8 heteroatoms. The molecule has 0 aliphatic carbocycles. The molecule has 3 aromatic rings. The van der Waals surface area contributed by atoms with Crippen molar-refractivity contribution in [3.8, 4) is 17.2 Å². The number of carbonyl (C=O) groups excluding carboxylic acids is 1. The number of aromatic nitrogens is 1. The molecule has 0 radical (unpaired) electrons.